The number of rotatable bonds is 3. The summed E-state index contributed by atoms with van der Waals surface area (Å²) in [5, 5.41) is 7.03. The molecule has 0 atom stereocenters. The Morgan fingerprint density at radius 2 is 2.33 bits per heavy atom. The van der Waals surface area contributed by atoms with Crippen LogP contribution in [0, 0.1) is 3.57 Å². The number of carbonyl (C=O) groups excluding carboxylic acids is 1. The molecule has 0 saturated carbocycles. The van der Waals surface area contributed by atoms with E-state index < -0.39 is 0 Å². The summed E-state index contributed by atoms with van der Waals surface area (Å²) in [6.45, 7) is 0.377. The molecule has 94 valence electrons. The molecule has 1 aromatic carbocycles. The smallest absolute Gasteiger partial charge is 0.254 e. The first kappa shape index (κ1) is 13.3. The average Bonchev–Trinajstić information content (AvgIpc) is 2.84. The molecule has 2 rings (SSSR count). The minimum Gasteiger partial charge on any atom is -0.334 e. The monoisotopic (exact) mass is 376 g/mol. The van der Waals surface area contributed by atoms with Crippen molar-refractivity contribution in [3.8, 4) is 0 Å². The van der Waals surface area contributed by atoms with Crippen molar-refractivity contribution >= 4 is 40.1 Å². The van der Waals surface area contributed by atoms with Gasteiger partial charge in [-0.2, -0.15) is 5.10 Å². The van der Waals surface area contributed by atoms with Crippen LogP contribution in [-0.4, -0.2) is 33.0 Å². The molecule has 18 heavy (non-hydrogen) atoms. The Morgan fingerprint density at radius 3 is 2.94 bits per heavy atom. The Labute approximate surface area is 123 Å². The summed E-state index contributed by atoms with van der Waals surface area (Å²) in [4.78, 5) is 17.7. The Kier molecular flexibility index (Phi) is 4.18. The van der Waals surface area contributed by atoms with E-state index in [9.17, 15) is 4.79 Å². The molecule has 0 fully saturated rings. The summed E-state index contributed by atoms with van der Waals surface area (Å²) < 4.78 is 0.920. The maximum Gasteiger partial charge on any atom is 0.254 e. The number of hydrogen-bond donors (Lipinski definition) is 1. The number of hydrogen-bond acceptors (Lipinski definition) is 3. The highest BCUT2D eigenvalue weighted by Crippen LogP contribution is 2.20. The predicted octanol–water partition coefficient (Wildman–Crippen LogP) is 2.33. The van der Waals surface area contributed by atoms with Crippen LogP contribution < -0.4 is 0 Å². The van der Waals surface area contributed by atoms with Gasteiger partial charge in [0.2, 0.25) is 0 Å². The highest BCUT2D eigenvalue weighted by atomic mass is 127. The fourth-order valence-electron chi connectivity index (χ4n) is 1.45. The normalized spacial score (nSPS) is 10.4. The second-order valence-electron chi connectivity index (χ2n) is 3.72. The molecule has 0 saturated heterocycles. The molecule has 1 aromatic heterocycles. The lowest BCUT2D eigenvalue weighted by atomic mass is 10.2. The Balaban J connectivity index is 2.12. The second kappa shape index (κ2) is 5.66. The lowest BCUT2D eigenvalue weighted by Crippen LogP contribution is -2.26. The van der Waals surface area contributed by atoms with Gasteiger partial charge in [0.1, 0.15) is 12.2 Å². The average molecular weight is 377 g/mol. The first-order valence-corrected chi connectivity index (χ1v) is 6.58. The number of nitrogens with one attached hydrogen (secondary N) is 1. The van der Waals surface area contributed by atoms with Crippen molar-refractivity contribution in [3.63, 3.8) is 0 Å². The summed E-state index contributed by atoms with van der Waals surface area (Å²) >= 11 is 8.12. The van der Waals surface area contributed by atoms with Crippen molar-refractivity contribution in [1.29, 1.82) is 0 Å². The van der Waals surface area contributed by atoms with E-state index >= 15 is 0 Å². The molecular formula is C11H10ClIN4O. The van der Waals surface area contributed by atoms with E-state index in [-0.39, 0.29) is 5.91 Å². The van der Waals surface area contributed by atoms with Crippen LogP contribution in [-0.2, 0) is 6.54 Å². The van der Waals surface area contributed by atoms with Gasteiger partial charge in [0.05, 0.1) is 11.6 Å². The number of amides is 1. The largest absolute Gasteiger partial charge is 0.334 e. The topological polar surface area (TPSA) is 61.9 Å². The number of nitrogens with zero attached hydrogens (tertiary/aromatic N) is 3. The molecule has 0 aliphatic heterocycles. The highest BCUT2D eigenvalue weighted by Gasteiger charge is 2.14. The fourth-order valence-corrected chi connectivity index (χ4v) is 1.97. The third kappa shape index (κ3) is 2.99. The third-order valence-electron chi connectivity index (χ3n) is 2.37. The maximum absolute atomic E-state index is 12.1. The van der Waals surface area contributed by atoms with Gasteiger partial charge < -0.3 is 4.90 Å². The van der Waals surface area contributed by atoms with E-state index in [1.165, 1.54) is 6.33 Å². The first-order valence-electron chi connectivity index (χ1n) is 5.12. The zero-order valence-corrected chi connectivity index (χ0v) is 12.4. The predicted molar refractivity (Wildman–Crippen MR) is 76.3 cm³/mol. The van der Waals surface area contributed by atoms with Gasteiger partial charge in [-0.15, -0.1) is 0 Å². The number of halogens is 2. The maximum atomic E-state index is 12.1. The molecule has 5 nitrogen and oxygen atoms in total. The van der Waals surface area contributed by atoms with Gasteiger partial charge >= 0.3 is 0 Å². The molecule has 1 N–H and O–H groups in total. The minimum atomic E-state index is -0.107. The van der Waals surface area contributed by atoms with Crippen LogP contribution in [0.4, 0.5) is 0 Å². The molecule has 0 spiro atoms. The van der Waals surface area contributed by atoms with E-state index in [0.717, 1.165) is 3.57 Å². The van der Waals surface area contributed by atoms with Crippen LogP contribution >= 0.6 is 34.2 Å². The summed E-state index contributed by atoms with van der Waals surface area (Å²) in [6, 6.07) is 5.24. The van der Waals surface area contributed by atoms with Gasteiger partial charge in [-0.3, -0.25) is 9.89 Å². The summed E-state index contributed by atoms with van der Waals surface area (Å²) in [5.74, 6) is 0.534. The lowest BCUT2D eigenvalue weighted by molar-refractivity contribution is 0.0781. The Hall–Kier alpha value is -1.15. The van der Waals surface area contributed by atoms with Crippen molar-refractivity contribution in [2.24, 2.45) is 0 Å². The van der Waals surface area contributed by atoms with Crippen molar-refractivity contribution in [1.82, 2.24) is 20.1 Å². The van der Waals surface area contributed by atoms with Crippen LogP contribution in [0.25, 0.3) is 0 Å². The molecule has 0 bridgehead atoms. The molecular weight excluding hydrogens is 367 g/mol. The molecule has 0 aliphatic carbocycles. The second-order valence-corrected chi connectivity index (χ2v) is 5.29. The number of benzene rings is 1. The van der Waals surface area contributed by atoms with E-state index in [1.54, 1.807) is 24.1 Å². The molecule has 1 heterocycles. The van der Waals surface area contributed by atoms with Crippen LogP contribution in [0.5, 0.6) is 0 Å². The van der Waals surface area contributed by atoms with E-state index in [0.29, 0.717) is 23.0 Å². The van der Waals surface area contributed by atoms with Crippen molar-refractivity contribution in [2.75, 3.05) is 7.05 Å². The molecule has 0 aliphatic rings. The van der Waals surface area contributed by atoms with Gasteiger partial charge in [-0.05, 0) is 40.8 Å². The zero-order valence-electron chi connectivity index (χ0n) is 9.52. The Morgan fingerprint density at radius 1 is 1.56 bits per heavy atom. The van der Waals surface area contributed by atoms with Gasteiger partial charge in [0, 0.05) is 16.2 Å². The molecule has 0 radical (unpaired) electrons. The highest BCUT2D eigenvalue weighted by molar-refractivity contribution is 14.1. The van der Waals surface area contributed by atoms with E-state index in [1.807, 2.05) is 6.07 Å². The first-order chi connectivity index (χ1) is 8.58. The third-order valence-corrected chi connectivity index (χ3v) is 3.94. The van der Waals surface area contributed by atoms with Crippen LogP contribution in [0.2, 0.25) is 5.02 Å². The summed E-state index contributed by atoms with van der Waals surface area (Å²) in [5.41, 5.74) is 0.558. The van der Waals surface area contributed by atoms with Crippen LogP contribution in [0.1, 0.15) is 16.2 Å². The standard InChI is InChI=1S/C11H10ClIN4O/c1-17(5-10-14-6-15-16-10)11(18)7-2-3-9(13)8(12)4-7/h2-4,6H,5H2,1H3,(H,14,15,16). The van der Waals surface area contributed by atoms with Gasteiger partial charge in [-0.25, -0.2) is 4.98 Å². The van der Waals surface area contributed by atoms with Gasteiger partial charge in [-0.1, -0.05) is 11.6 Å². The van der Waals surface area contributed by atoms with Gasteiger partial charge in [0.25, 0.3) is 5.91 Å². The quantitative estimate of drug-likeness (QED) is 0.837. The molecule has 2 aromatic rings. The SMILES string of the molecule is CN(Cc1ncn[nH]1)C(=O)c1ccc(I)c(Cl)c1. The van der Waals surface area contributed by atoms with E-state index in [4.69, 9.17) is 11.6 Å². The van der Waals surface area contributed by atoms with E-state index in [2.05, 4.69) is 37.8 Å². The zero-order chi connectivity index (χ0) is 13.1. The summed E-state index contributed by atoms with van der Waals surface area (Å²) in [7, 11) is 1.71. The van der Waals surface area contributed by atoms with Crippen LogP contribution in [0.3, 0.4) is 0 Å². The van der Waals surface area contributed by atoms with Crippen molar-refractivity contribution < 1.29 is 4.79 Å². The number of carbonyl (C=O) groups is 1. The minimum absolute atomic E-state index is 0.107. The summed E-state index contributed by atoms with van der Waals surface area (Å²) in [6.07, 6.45) is 1.41. The van der Waals surface area contributed by atoms with Crippen LogP contribution in [0.15, 0.2) is 24.5 Å². The molecule has 1 amide bonds. The number of aromatic nitrogens is 3. The fraction of sp³-hybridized carbons (Fsp3) is 0.182. The Bertz CT molecular complexity index is 558. The lowest BCUT2D eigenvalue weighted by Gasteiger charge is -2.15. The molecule has 7 heteroatoms. The number of H-pyrrole nitrogens is 1. The van der Waals surface area contributed by atoms with Crippen molar-refractivity contribution in [2.45, 2.75) is 6.54 Å². The van der Waals surface area contributed by atoms with Crippen molar-refractivity contribution in [3.05, 3.63) is 44.5 Å². The number of aromatic amines is 1. The van der Waals surface area contributed by atoms with Gasteiger partial charge in [0.15, 0.2) is 0 Å². The molecule has 0 unspecified atom stereocenters.